The topological polar surface area (TPSA) is 71.9 Å². The van der Waals surface area contributed by atoms with Crippen molar-refractivity contribution in [1.82, 2.24) is 9.88 Å². The number of halogens is 1. The number of likely N-dealkylation sites (tertiary alicyclic amines) is 1. The zero-order valence-corrected chi connectivity index (χ0v) is 14.5. The molecule has 0 aliphatic carbocycles. The first-order valence-electron chi connectivity index (χ1n) is 7.62. The zero-order chi connectivity index (χ0) is 17.1. The number of nitrogens with zero attached hydrogens (tertiary/aromatic N) is 2. The number of hydrogen-bond donors (Lipinski definition) is 1. The minimum Gasteiger partial charge on any atom is -0.487 e. The van der Waals surface area contributed by atoms with E-state index in [-0.39, 0.29) is 17.9 Å². The Bertz CT molecular complexity index is 551. The van der Waals surface area contributed by atoms with Gasteiger partial charge in [-0.2, -0.15) is 0 Å². The SMILES string of the molecule is CC(C)(C)OC(=O)N1CCC(O)(COc2cccnc2Cl)CC1. The molecule has 0 atom stereocenters. The Kier molecular flexibility index (Phi) is 5.37. The molecule has 0 radical (unpaired) electrons. The lowest BCUT2D eigenvalue weighted by atomic mass is 9.92. The van der Waals surface area contributed by atoms with E-state index in [0.717, 1.165) is 0 Å². The zero-order valence-electron chi connectivity index (χ0n) is 13.7. The Morgan fingerprint density at radius 2 is 2.09 bits per heavy atom. The number of carbonyl (C=O) groups excluding carboxylic acids is 1. The summed E-state index contributed by atoms with van der Waals surface area (Å²) in [6.07, 6.45) is 2.06. The number of aromatic nitrogens is 1. The maximum Gasteiger partial charge on any atom is 0.410 e. The summed E-state index contributed by atoms with van der Waals surface area (Å²) in [7, 11) is 0. The van der Waals surface area contributed by atoms with Gasteiger partial charge in [0.25, 0.3) is 0 Å². The molecule has 0 aromatic carbocycles. The molecule has 7 heteroatoms. The van der Waals surface area contributed by atoms with Crippen molar-refractivity contribution in [3.8, 4) is 5.75 Å². The van der Waals surface area contributed by atoms with Crippen LogP contribution in [0.1, 0.15) is 33.6 Å². The quantitative estimate of drug-likeness (QED) is 0.855. The van der Waals surface area contributed by atoms with Crippen LogP contribution in [0.5, 0.6) is 5.75 Å². The van der Waals surface area contributed by atoms with Crippen molar-refractivity contribution in [2.45, 2.75) is 44.8 Å². The van der Waals surface area contributed by atoms with Crippen molar-refractivity contribution >= 4 is 17.7 Å². The van der Waals surface area contributed by atoms with E-state index in [1.165, 1.54) is 0 Å². The number of aliphatic hydroxyl groups is 1. The van der Waals surface area contributed by atoms with Crippen molar-refractivity contribution in [2.24, 2.45) is 0 Å². The molecule has 23 heavy (non-hydrogen) atoms. The molecule has 1 aromatic heterocycles. The highest BCUT2D eigenvalue weighted by atomic mass is 35.5. The maximum atomic E-state index is 12.0. The fraction of sp³-hybridized carbons (Fsp3) is 0.625. The molecule has 6 nitrogen and oxygen atoms in total. The fourth-order valence-corrected chi connectivity index (χ4v) is 2.44. The molecule has 2 heterocycles. The highest BCUT2D eigenvalue weighted by Gasteiger charge is 2.36. The third kappa shape index (κ3) is 5.25. The van der Waals surface area contributed by atoms with Crippen LogP contribution in [0.25, 0.3) is 0 Å². The second kappa shape index (κ2) is 6.93. The van der Waals surface area contributed by atoms with Crippen molar-refractivity contribution in [2.75, 3.05) is 19.7 Å². The second-order valence-corrected chi connectivity index (χ2v) is 7.13. The number of piperidine rings is 1. The molecule has 1 aliphatic rings. The van der Waals surface area contributed by atoms with Gasteiger partial charge in [0.1, 0.15) is 17.8 Å². The van der Waals surface area contributed by atoms with Gasteiger partial charge in [0, 0.05) is 19.3 Å². The molecule has 1 fully saturated rings. The smallest absolute Gasteiger partial charge is 0.410 e. The largest absolute Gasteiger partial charge is 0.487 e. The number of rotatable bonds is 3. The van der Waals surface area contributed by atoms with Crippen LogP contribution in [0.3, 0.4) is 0 Å². The maximum absolute atomic E-state index is 12.0. The lowest BCUT2D eigenvalue weighted by Gasteiger charge is -2.38. The summed E-state index contributed by atoms with van der Waals surface area (Å²) in [4.78, 5) is 17.5. The van der Waals surface area contributed by atoms with Gasteiger partial charge in [0.2, 0.25) is 0 Å². The molecular weight excluding hydrogens is 320 g/mol. The predicted octanol–water partition coefficient (Wildman–Crippen LogP) is 2.88. The van der Waals surface area contributed by atoms with Crippen molar-refractivity contribution in [3.05, 3.63) is 23.5 Å². The standard InChI is InChI=1S/C16H23ClN2O4/c1-15(2,3)23-14(20)19-9-6-16(21,7-10-19)11-22-12-5-4-8-18-13(12)17/h4-5,8,21H,6-7,9-11H2,1-3H3. The lowest BCUT2D eigenvalue weighted by Crippen LogP contribution is -2.50. The molecule has 1 amide bonds. The number of pyridine rings is 1. The Labute approximate surface area is 141 Å². The first kappa shape index (κ1) is 17.8. The summed E-state index contributed by atoms with van der Waals surface area (Å²) < 4.78 is 10.9. The summed E-state index contributed by atoms with van der Waals surface area (Å²) in [5.74, 6) is 0.442. The van der Waals surface area contributed by atoms with E-state index in [1.54, 1.807) is 23.2 Å². The average Bonchev–Trinajstić information content (AvgIpc) is 2.45. The van der Waals surface area contributed by atoms with E-state index in [9.17, 15) is 9.90 Å². The van der Waals surface area contributed by atoms with E-state index in [4.69, 9.17) is 21.1 Å². The van der Waals surface area contributed by atoms with E-state index < -0.39 is 11.2 Å². The molecule has 0 saturated carbocycles. The van der Waals surface area contributed by atoms with Crippen LogP contribution in [0.4, 0.5) is 4.79 Å². The summed E-state index contributed by atoms with van der Waals surface area (Å²) in [5.41, 5.74) is -1.51. The van der Waals surface area contributed by atoms with Gasteiger partial charge in [-0.15, -0.1) is 0 Å². The first-order chi connectivity index (χ1) is 10.7. The Hall–Kier alpha value is -1.53. The molecule has 128 valence electrons. The molecule has 1 aliphatic heterocycles. The van der Waals surface area contributed by atoms with Gasteiger partial charge in [0.15, 0.2) is 10.9 Å². The van der Waals surface area contributed by atoms with Gasteiger partial charge in [-0.05, 0) is 45.7 Å². The van der Waals surface area contributed by atoms with Crippen LogP contribution >= 0.6 is 11.6 Å². The third-order valence-electron chi connectivity index (χ3n) is 3.57. The van der Waals surface area contributed by atoms with Crippen molar-refractivity contribution < 1.29 is 19.4 Å². The van der Waals surface area contributed by atoms with Gasteiger partial charge >= 0.3 is 6.09 Å². The van der Waals surface area contributed by atoms with Gasteiger partial charge < -0.3 is 19.5 Å². The normalized spacial score (nSPS) is 17.7. The Morgan fingerprint density at radius 1 is 1.43 bits per heavy atom. The Morgan fingerprint density at radius 3 is 2.65 bits per heavy atom. The van der Waals surface area contributed by atoms with Gasteiger partial charge in [0.05, 0.1) is 0 Å². The molecule has 1 N–H and O–H groups in total. The van der Waals surface area contributed by atoms with E-state index in [2.05, 4.69) is 4.98 Å². The number of hydrogen-bond acceptors (Lipinski definition) is 5. The molecule has 0 unspecified atom stereocenters. The van der Waals surface area contributed by atoms with Crippen LogP contribution in [-0.4, -0.2) is 52.0 Å². The van der Waals surface area contributed by atoms with Crippen LogP contribution in [0.15, 0.2) is 18.3 Å². The second-order valence-electron chi connectivity index (χ2n) is 6.77. The molecule has 0 spiro atoms. The van der Waals surface area contributed by atoms with Gasteiger partial charge in [-0.25, -0.2) is 9.78 Å². The van der Waals surface area contributed by atoms with Crippen LogP contribution in [-0.2, 0) is 4.74 Å². The van der Waals surface area contributed by atoms with Crippen molar-refractivity contribution in [1.29, 1.82) is 0 Å². The van der Waals surface area contributed by atoms with Crippen LogP contribution in [0, 0.1) is 0 Å². The average molecular weight is 343 g/mol. The highest BCUT2D eigenvalue weighted by molar-refractivity contribution is 6.30. The summed E-state index contributed by atoms with van der Waals surface area (Å²) in [6.45, 7) is 6.45. The molecular formula is C16H23ClN2O4. The molecule has 2 rings (SSSR count). The van der Waals surface area contributed by atoms with E-state index >= 15 is 0 Å². The number of ether oxygens (including phenoxy) is 2. The molecule has 1 aromatic rings. The first-order valence-corrected chi connectivity index (χ1v) is 8.00. The fourth-order valence-electron chi connectivity index (χ4n) is 2.27. The summed E-state index contributed by atoms with van der Waals surface area (Å²) >= 11 is 5.93. The van der Waals surface area contributed by atoms with E-state index in [1.807, 2.05) is 20.8 Å². The highest BCUT2D eigenvalue weighted by Crippen LogP contribution is 2.27. The minimum atomic E-state index is -0.988. The van der Waals surface area contributed by atoms with Crippen LogP contribution in [0.2, 0.25) is 5.15 Å². The molecule has 1 saturated heterocycles. The van der Waals surface area contributed by atoms with Gasteiger partial charge in [-0.3, -0.25) is 0 Å². The minimum absolute atomic E-state index is 0.112. The summed E-state index contributed by atoms with van der Waals surface area (Å²) in [6, 6.07) is 3.42. The third-order valence-corrected chi connectivity index (χ3v) is 3.85. The van der Waals surface area contributed by atoms with Crippen LogP contribution < -0.4 is 4.74 Å². The Balaban J connectivity index is 1.85. The predicted molar refractivity (Wildman–Crippen MR) is 86.7 cm³/mol. The number of carbonyl (C=O) groups is 1. The summed E-state index contributed by atoms with van der Waals surface area (Å²) in [5, 5.41) is 10.9. The van der Waals surface area contributed by atoms with E-state index in [0.29, 0.717) is 31.7 Å². The van der Waals surface area contributed by atoms with Crippen molar-refractivity contribution in [3.63, 3.8) is 0 Å². The molecule has 0 bridgehead atoms. The monoisotopic (exact) mass is 342 g/mol. The lowest BCUT2D eigenvalue weighted by molar-refractivity contribution is -0.0561. The van der Waals surface area contributed by atoms with Gasteiger partial charge in [-0.1, -0.05) is 11.6 Å². The number of amides is 1.